The first-order valence-corrected chi connectivity index (χ1v) is 10.8. The molecule has 1 aliphatic rings. The van der Waals surface area contributed by atoms with Gasteiger partial charge in [-0.1, -0.05) is 48.0 Å². The van der Waals surface area contributed by atoms with Gasteiger partial charge in [0, 0.05) is 37.1 Å². The predicted octanol–water partition coefficient (Wildman–Crippen LogP) is 4.76. The predicted molar refractivity (Wildman–Crippen MR) is 122 cm³/mol. The molecule has 1 amide bonds. The maximum absolute atomic E-state index is 12.8. The number of hydrogen-bond donors (Lipinski definition) is 1. The SMILES string of the molecule is Cc1ccccc1Oc1nccnc1N1CCC[C@H](C(=O)NCc2ccccc2Cl)C1. The quantitative estimate of drug-likeness (QED) is 0.603. The van der Waals surface area contributed by atoms with Gasteiger partial charge in [-0.25, -0.2) is 9.97 Å². The summed E-state index contributed by atoms with van der Waals surface area (Å²) in [6.45, 7) is 3.78. The molecule has 3 aromatic rings. The van der Waals surface area contributed by atoms with Crippen LogP contribution in [0.1, 0.15) is 24.0 Å². The van der Waals surface area contributed by atoms with E-state index in [0.29, 0.717) is 29.8 Å². The molecule has 2 aromatic carbocycles. The number of carbonyl (C=O) groups excluding carboxylic acids is 1. The van der Waals surface area contributed by atoms with Crippen molar-refractivity contribution in [1.82, 2.24) is 15.3 Å². The van der Waals surface area contributed by atoms with Crippen molar-refractivity contribution in [3.63, 3.8) is 0 Å². The molecule has 0 bridgehead atoms. The largest absolute Gasteiger partial charge is 0.436 e. The Kier molecular flexibility index (Phi) is 6.67. The van der Waals surface area contributed by atoms with Crippen LogP contribution in [0, 0.1) is 12.8 Å². The molecule has 1 atom stereocenters. The lowest BCUT2D eigenvalue weighted by molar-refractivity contribution is -0.125. The van der Waals surface area contributed by atoms with E-state index >= 15 is 0 Å². The number of anilines is 1. The first-order valence-electron chi connectivity index (χ1n) is 10.4. The fraction of sp³-hybridized carbons (Fsp3) is 0.292. The second kappa shape index (κ2) is 9.79. The highest BCUT2D eigenvalue weighted by Crippen LogP contribution is 2.32. The van der Waals surface area contributed by atoms with Gasteiger partial charge in [0.05, 0.1) is 5.92 Å². The second-order valence-corrected chi connectivity index (χ2v) is 8.05. The topological polar surface area (TPSA) is 67.4 Å². The van der Waals surface area contributed by atoms with E-state index in [1.807, 2.05) is 55.5 Å². The van der Waals surface area contributed by atoms with Crippen LogP contribution >= 0.6 is 11.6 Å². The minimum atomic E-state index is -0.135. The number of rotatable bonds is 6. The van der Waals surface area contributed by atoms with E-state index < -0.39 is 0 Å². The van der Waals surface area contributed by atoms with E-state index in [9.17, 15) is 4.79 Å². The van der Waals surface area contributed by atoms with Gasteiger partial charge in [-0.15, -0.1) is 0 Å². The fourth-order valence-electron chi connectivity index (χ4n) is 3.73. The number of nitrogens with zero attached hydrogens (tertiary/aromatic N) is 3. The summed E-state index contributed by atoms with van der Waals surface area (Å²) in [5.74, 6) is 1.75. The van der Waals surface area contributed by atoms with Crippen molar-refractivity contribution in [2.45, 2.75) is 26.3 Å². The minimum absolute atomic E-state index is 0.0230. The zero-order valence-corrected chi connectivity index (χ0v) is 18.2. The highest BCUT2D eigenvalue weighted by Gasteiger charge is 2.28. The van der Waals surface area contributed by atoms with Crippen molar-refractivity contribution in [3.05, 3.63) is 77.1 Å². The van der Waals surface area contributed by atoms with Gasteiger partial charge < -0.3 is 15.0 Å². The number of piperidine rings is 1. The normalized spacial score (nSPS) is 16.1. The number of nitrogens with one attached hydrogen (secondary N) is 1. The number of ether oxygens (including phenoxy) is 1. The fourth-order valence-corrected chi connectivity index (χ4v) is 3.94. The van der Waals surface area contributed by atoms with Crippen molar-refractivity contribution in [2.24, 2.45) is 5.92 Å². The van der Waals surface area contributed by atoms with Crippen LogP contribution in [0.5, 0.6) is 11.6 Å². The minimum Gasteiger partial charge on any atom is -0.436 e. The average Bonchev–Trinajstić information content (AvgIpc) is 2.80. The van der Waals surface area contributed by atoms with Crippen LogP contribution < -0.4 is 15.0 Å². The van der Waals surface area contributed by atoms with Crippen molar-refractivity contribution < 1.29 is 9.53 Å². The van der Waals surface area contributed by atoms with Crippen LogP contribution in [-0.2, 0) is 11.3 Å². The summed E-state index contributed by atoms with van der Waals surface area (Å²) in [6, 6.07) is 15.3. The molecule has 160 valence electrons. The molecule has 1 aromatic heterocycles. The first-order chi connectivity index (χ1) is 15.1. The smallest absolute Gasteiger partial charge is 0.263 e. The van der Waals surface area contributed by atoms with E-state index in [2.05, 4.69) is 20.2 Å². The standard InChI is InChI=1S/C24H25ClN4O2/c1-17-7-2-5-11-21(17)31-24-22(26-12-13-27-24)29-14-6-9-19(16-29)23(30)28-15-18-8-3-4-10-20(18)25/h2-5,7-8,10-13,19H,6,9,14-16H2,1H3,(H,28,30)/t19-/m0/s1. The van der Waals surface area contributed by atoms with E-state index in [-0.39, 0.29) is 11.8 Å². The molecule has 1 N–H and O–H groups in total. The molecule has 1 fully saturated rings. The lowest BCUT2D eigenvalue weighted by atomic mass is 9.97. The lowest BCUT2D eigenvalue weighted by Crippen LogP contribution is -2.43. The molecule has 1 saturated heterocycles. The molecule has 0 saturated carbocycles. The molecule has 7 heteroatoms. The Morgan fingerprint density at radius 3 is 2.77 bits per heavy atom. The zero-order chi connectivity index (χ0) is 21.6. The third-order valence-electron chi connectivity index (χ3n) is 5.45. The number of aryl methyl sites for hydroxylation is 1. The van der Waals surface area contributed by atoms with E-state index in [0.717, 1.165) is 36.3 Å². The van der Waals surface area contributed by atoms with Gasteiger partial charge in [0.25, 0.3) is 5.88 Å². The monoisotopic (exact) mass is 436 g/mol. The molecular weight excluding hydrogens is 412 g/mol. The van der Waals surface area contributed by atoms with Crippen LogP contribution in [-0.4, -0.2) is 29.0 Å². The van der Waals surface area contributed by atoms with Gasteiger partial charge >= 0.3 is 0 Å². The first kappa shape index (κ1) is 21.1. The van der Waals surface area contributed by atoms with Gasteiger partial charge in [0.2, 0.25) is 5.91 Å². The molecule has 2 heterocycles. The van der Waals surface area contributed by atoms with Crippen molar-refractivity contribution in [1.29, 1.82) is 0 Å². The second-order valence-electron chi connectivity index (χ2n) is 7.65. The highest BCUT2D eigenvalue weighted by molar-refractivity contribution is 6.31. The Morgan fingerprint density at radius 1 is 1.16 bits per heavy atom. The zero-order valence-electron chi connectivity index (χ0n) is 17.4. The third kappa shape index (κ3) is 5.14. The summed E-state index contributed by atoms with van der Waals surface area (Å²) in [4.78, 5) is 23.8. The van der Waals surface area contributed by atoms with E-state index in [1.165, 1.54) is 0 Å². The van der Waals surface area contributed by atoms with Crippen LogP contribution in [0.15, 0.2) is 60.9 Å². The van der Waals surface area contributed by atoms with Gasteiger partial charge in [0.15, 0.2) is 5.82 Å². The molecule has 0 radical (unpaired) electrons. The molecule has 0 unspecified atom stereocenters. The molecule has 1 aliphatic heterocycles. The Labute approximate surface area is 187 Å². The molecule has 31 heavy (non-hydrogen) atoms. The molecular formula is C24H25ClN4O2. The van der Waals surface area contributed by atoms with Crippen LogP contribution in [0.4, 0.5) is 5.82 Å². The van der Waals surface area contributed by atoms with Gasteiger partial charge in [-0.05, 0) is 43.0 Å². The van der Waals surface area contributed by atoms with Crippen LogP contribution in [0.3, 0.4) is 0 Å². The number of carbonyl (C=O) groups is 1. The summed E-state index contributed by atoms with van der Waals surface area (Å²) >= 11 is 6.20. The van der Waals surface area contributed by atoms with Gasteiger partial charge in [-0.2, -0.15) is 0 Å². The Morgan fingerprint density at radius 2 is 1.94 bits per heavy atom. The third-order valence-corrected chi connectivity index (χ3v) is 5.82. The number of halogens is 1. The van der Waals surface area contributed by atoms with E-state index in [4.69, 9.17) is 16.3 Å². The molecule has 0 spiro atoms. The number of para-hydroxylation sites is 1. The summed E-state index contributed by atoms with van der Waals surface area (Å²) in [5.41, 5.74) is 1.93. The maximum atomic E-state index is 12.8. The molecule has 4 rings (SSSR count). The summed E-state index contributed by atoms with van der Waals surface area (Å²) < 4.78 is 6.08. The van der Waals surface area contributed by atoms with Crippen molar-refractivity contribution in [3.8, 4) is 11.6 Å². The van der Waals surface area contributed by atoms with Crippen LogP contribution in [0.2, 0.25) is 5.02 Å². The van der Waals surface area contributed by atoms with Crippen LogP contribution in [0.25, 0.3) is 0 Å². The number of hydrogen-bond acceptors (Lipinski definition) is 5. The summed E-state index contributed by atoms with van der Waals surface area (Å²) in [6.07, 6.45) is 5.00. The maximum Gasteiger partial charge on any atom is 0.263 e. The van der Waals surface area contributed by atoms with Crippen molar-refractivity contribution in [2.75, 3.05) is 18.0 Å². The van der Waals surface area contributed by atoms with Gasteiger partial charge in [-0.3, -0.25) is 4.79 Å². The van der Waals surface area contributed by atoms with Gasteiger partial charge in [0.1, 0.15) is 5.75 Å². The summed E-state index contributed by atoms with van der Waals surface area (Å²) in [7, 11) is 0. The van der Waals surface area contributed by atoms with E-state index in [1.54, 1.807) is 12.4 Å². The number of amides is 1. The molecule has 0 aliphatic carbocycles. The Hall–Kier alpha value is -3.12. The Balaban J connectivity index is 1.44. The lowest BCUT2D eigenvalue weighted by Gasteiger charge is -2.33. The number of benzene rings is 2. The Bertz CT molecular complexity index is 1060. The highest BCUT2D eigenvalue weighted by atomic mass is 35.5. The average molecular weight is 437 g/mol. The summed E-state index contributed by atoms with van der Waals surface area (Å²) in [5, 5.41) is 3.68. The van der Waals surface area contributed by atoms with Crippen molar-refractivity contribution >= 4 is 23.3 Å². The molecule has 6 nitrogen and oxygen atoms in total. The number of aromatic nitrogens is 2.